The predicted octanol–water partition coefficient (Wildman–Crippen LogP) is 3.78. The van der Waals surface area contributed by atoms with Gasteiger partial charge in [0.15, 0.2) is 0 Å². The van der Waals surface area contributed by atoms with Gasteiger partial charge in [-0.1, -0.05) is 18.9 Å². The van der Waals surface area contributed by atoms with Gasteiger partial charge >= 0.3 is 0 Å². The van der Waals surface area contributed by atoms with Crippen molar-refractivity contribution in [3.8, 4) is 11.5 Å². The molecule has 0 spiro atoms. The van der Waals surface area contributed by atoms with Crippen molar-refractivity contribution in [2.24, 2.45) is 5.92 Å². The lowest BCUT2D eigenvalue weighted by Gasteiger charge is -2.14. The van der Waals surface area contributed by atoms with E-state index < -0.39 is 0 Å². The van der Waals surface area contributed by atoms with Crippen molar-refractivity contribution in [1.29, 1.82) is 0 Å². The van der Waals surface area contributed by atoms with E-state index in [9.17, 15) is 0 Å². The summed E-state index contributed by atoms with van der Waals surface area (Å²) < 4.78 is 10.5. The molecule has 1 fully saturated rings. The first-order chi connectivity index (χ1) is 7.74. The number of alkyl halides is 1. The molecule has 1 aliphatic carbocycles. The van der Waals surface area contributed by atoms with Gasteiger partial charge in [-0.15, -0.1) is 11.6 Å². The third-order valence-electron chi connectivity index (χ3n) is 3.02. The SMILES string of the molecule is COc1ccc(C(Cl)CC2CC2)c(OC)c1. The highest BCUT2D eigenvalue weighted by Gasteiger charge is 2.26. The van der Waals surface area contributed by atoms with Gasteiger partial charge in [-0.25, -0.2) is 0 Å². The fourth-order valence-electron chi connectivity index (χ4n) is 1.85. The maximum absolute atomic E-state index is 6.40. The first-order valence-corrected chi connectivity index (χ1v) is 6.04. The average Bonchev–Trinajstić information content (AvgIpc) is 3.11. The fraction of sp³-hybridized carbons (Fsp3) is 0.538. The van der Waals surface area contributed by atoms with Crippen LogP contribution in [-0.2, 0) is 0 Å². The molecule has 1 atom stereocenters. The highest BCUT2D eigenvalue weighted by Crippen LogP contribution is 2.43. The van der Waals surface area contributed by atoms with Crippen molar-refractivity contribution in [2.75, 3.05) is 14.2 Å². The smallest absolute Gasteiger partial charge is 0.127 e. The minimum atomic E-state index is 0.0494. The molecule has 1 aromatic rings. The van der Waals surface area contributed by atoms with E-state index in [0.717, 1.165) is 29.4 Å². The number of rotatable bonds is 5. The molecule has 1 saturated carbocycles. The Kier molecular flexibility index (Phi) is 3.59. The first kappa shape index (κ1) is 11.6. The van der Waals surface area contributed by atoms with Gasteiger partial charge < -0.3 is 9.47 Å². The Bertz CT molecular complexity index is 361. The summed E-state index contributed by atoms with van der Waals surface area (Å²) in [6.07, 6.45) is 3.69. The van der Waals surface area contributed by atoms with Crippen molar-refractivity contribution >= 4 is 11.6 Å². The zero-order chi connectivity index (χ0) is 11.5. The Balaban J connectivity index is 2.17. The van der Waals surface area contributed by atoms with Crippen LogP contribution in [-0.4, -0.2) is 14.2 Å². The second kappa shape index (κ2) is 4.96. The molecule has 2 rings (SSSR count). The van der Waals surface area contributed by atoms with Crippen LogP contribution in [0.4, 0.5) is 0 Å². The molecule has 0 aliphatic heterocycles. The van der Waals surface area contributed by atoms with Gasteiger partial charge in [0.25, 0.3) is 0 Å². The van der Waals surface area contributed by atoms with E-state index in [-0.39, 0.29) is 5.38 Å². The number of methoxy groups -OCH3 is 2. The summed E-state index contributed by atoms with van der Waals surface area (Å²) in [4.78, 5) is 0. The molecule has 2 nitrogen and oxygen atoms in total. The summed E-state index contributed by atoms with van der Waals surface area (Å²) in [7, 11) is 3.32. The molecule has 0 N–H and O–H groups in total. The van der Waals surface area contributed by atoms with E-state index in [2.05, 4.69) is 0 Å². The van der Waals surface area contributed by atoms with Crippen LogP contribution in [0.2, 0.25) is 0 Å². The Labute approximate surface area is 102 Å². The lowest BCUT2D eigenvalue weighted by molar-refractivity contribution is 0.390. The van der Waals surface area contributed by atoms with Gasteiger partial charge in [0, 0.05) is 11.6 Å². The van der Waals surface area contributed by atoms with Crippen LogP contribution in [0, 0.1) is 5.92 Å². The Morgan fingerprint density at radius 2 is 2.06 bits per heavy atom. The van der Waals surface area contributed by atoms with Crippen molar-refractivity contribution in [3.63, 3.8) is 0 Å². The number of benzene rings is 1. The molecular weight excluding hydrogens is 224 g/mol. The fourth-order valence-corrected chi connectivity index (χ4v) is 2.28. The number of ether oxygens (including phenoxy) is 2. The quantitative estimate of drug-likeness (QED) is 0.730. The summed E-state index contributed by atoms with van der Waals surface area (Å²) >= 11 is 6.40. The van der Waals surface area contributed by atoms with Crippen molar-refractivity contribution in [1.82, 2.24) is 0 Å². The molecule has 0 aromatic heterocycles. The third-order valence-corrected chi connectivity index (χ3v) is 3.43. The summed E-state index contributed by atoms with van der Waals surface area (Å²) in [6, 6.07) is 5.81. The van der Waals surface area contributed by atoms with Crippen LogP contribution in [0.15, 0.2) is 18.2 Å². The number of halogens is 1. The van der Waals surface area contributed by atoms with Crippen LogP contribution in [0.25, 0.3) is 0 Å². The van der Waals surface area contributed by atoms with E-state index in [1.807, 2.05) is 18.2 Å². The predicted molar refractivity (Wildman–Crippen MR) is 65.5 cm³/mol. The van der Waals surface area contributed by atoms with Crippen LogP contribution in [0.1, 0.15) is 30.2 Å². The highest BCUT2D eigenvalue weighted by molar-refractivity contribution is 6.21. The molecule has 0 saturated heterocycles. The number of hydrogen-bond acceptors (Lipinski definition) is 2. The van der Waals surface area contributed by atoms with E-state index >= 15 is 0 Å². The van der Waals surface area contributed by atoms with Crippen LogP contribution in [0.3, 0.4) is 0 Å². The van der Waals surface area contributed by atoms with Gasteiger partial charge in [0.1, 0.15) is 11.5 Å². The molecule has 0 heterocycles. The monoisotopic (exact) mass is 240 g/mol. The maximum atomic E-state index is 6.40. The summed E-state index contributed by atoms with van der Waals surface area (Å²) in [6.45, 7) is 0. The molecule has 1 aromatic carbocycles. The topological polar surface area (TPSA) is 18.5 Å². The minimum Gasteiger partial charge on any atom is -0.497 e. The summed E-state index contributed by atoms with van der Waals surface area (Å²) in [5.74, 6) is 2.44. The van der Waals surface area contributed by atoms with Crippen molar-refractivity contribution < 1.29 is 9.47 Å². The van der Waals surface area contributed by atoms with Crippen LogP contribution < -0.4 is 9.47 Å². The summed E-state index contributed by atoms with van der Waals surface area (Å²) in [5, 5.41) is 0.0494. The molecule has 88 valence electrons. The molecule has 0 radical (unpaired) electrons. The normalized spacial score (nSPS) is 16.9. The molecule has 1 unspecified atom stereocenters. The van der Waals surface area contributed by atoms with Crippen molar-refractivity contribution in [3.05, 3.63) is 23.8 Å². The van der Waals surface area contributed by atoms with Crippen LogP contribution >= 0.6 is 11.6 Å². The molecule has 3 heteroatoms. The largest absolute Gasteiger partial charge is 0.497 e. The first-order valence-electron chi connectivity index (χ1n) is 5.60. The molecule has 0 bridgehead atoms. The highest BCUT2D eigenvalue weighted by atomic mass is 35.5. The molecule has 16 heavy (non-hydrogen) atoms. The summed E-state index contributed by atoms with van der Waals surface area (Å²) in [5.41, 5.74) is 1.07. The lowest BCUT2D eigenvalue weighted by Crippen LogP contribution is -1.97. The van der Waals surface area contributed by atoms with Gasteiger partial charge in [0.05, 0.1) is 19.6 Å². The second-order valence-corrected chi connectivity index (χ2v) is 4.78. The zero-order valence-corrected chi connectivity index (χ0v) is 10.5. The van der Waals surface area contributed by atoms with Gasteiger partial charge in [0.2, 0.25) is 0 Å². The van der Waals surface area contributed by atoms with Gasteiger partial charge in [-0.3, -0.25) is 0 Å². The van der Waals surface area contributed by atoms with E-state index in [1.165, 1.54) is 12.8 Å². The van der Waals surface area contributed by atoms with E-state index in [4.69, 9.17) is 21.1 Å². The Morgan fingerprint density at radius 3 is 2.62 bits per heavy atom. The third kappa shape index (κ3) is 2.62. The lowest BCUT2D eigenvalue weighted by atomic mass is 10.1. The molecular formula is C13H17ClO2. The standard InChI is InChI=1S/C13H17ClO2/c1-15-10-5-6-11(13(8-10)16-2)12(14)7-9-3-4-9/h5-6,8-9,12H,3-4,7H2,1-2H3. The second-order valence-electron chi connectivity index (χ2n) is 4.25. The average molecular weight is 241 g/mol. The van der Waals surface area contributed by atoms with Gasteiger partial charge in [-0.05, 0) is 18.4 Å². The minimum absolute atomic E-state index is 0.0494. The van der Waals surface area contributed by atoms with Gasteiger partial charge in [-0.2, -0.15) is 0 Å². The van der Waals surface area contributed by atoms with Crippen molar-refractivity contribution in [2.45, 2.75) is 24.6 Å². The zero-order valence-electron chi connectivity index (χ0n) is 9.70. The molecule has 0 amide bonds. The number of hydrogen-bond donors (Lipinski definition) is 0. The Hall–Kier alpha value is -0.890. The Morgan fingerprint density at radius 1 is 1.31 bits per heavy atom. The van der Waals surface area contributed by atoms with Crippen LogP contribution in [0.5, 0.6) is 11.5 Å². The maximum Gasteiger partial charge on any atom is 0.127 e. The van der Waals surface area contributed by atoms with E-state index in [0.29, 0.717) is 0 Å². The molecule has 1 aliphatic rings. The van der Waals surface area contributed by atoms with E-state index in [1.54, 1.807) is 14.2 Å².